The van der Waals surface area contributed by atoms with Crippen LogP contribution in [0.1, 0.15) is 27.0 Å². The molecule has 2 rings (SSSR count). The summed E-state index contributed by atoms with van der Waals surface area (Å²) in [4.78, 5) is 10.9. The van der Waals surface area contributed by atoms with E-state index in [1.54, 1.807) is 32.4 Å². The number of methoxy groups -OCH3 is 2. The topological polar surface area (TPSA) is 79.5 Å². The predicted octanol–water partition coefficient (Wildman–Crippen LogP) is 3.77. The van der Waals surface area contributed by atoms with Gasteiger partial charge in [0, 0.05) is 11.1 Å². The molecular weight excluding hydrogens is 306 g/mol. The molecule has 5 nitrogen and oxygen atoms in total. The number of nitriles is 1. The molecule has 24 heavy (non-hydrogen) atoms. The summed E-state index contributed by atoms with van der Waals surface area (Å²) in [7, 11) is 3.15. The number of ether oxygens (including phenoxy) is 2. The number of benzene rings is 2. The molecule has 0 aliphatic rings. The molecule has 0 aliphatic heterocycles. The molecule has 2 aromatic rings. The van der Waals surface area contributed by atoms with Crippen LogP contribution in [0.3, 0.4) is 0 Å². The fourth-order valence-corrected chi connectivity index (χ4v) is 2.43. The molecule has 0 aliphatic carbocycles. The van der Waals surface area contributed by atoms with Gasteiger partial charge in [-0.3, -0.25) is 0 Å². The van der Waals surface area contributed by atoms with E-state index in [4.69, 9.17) is 14.6 Å². The highest BCUT2D eigenvalue weighted by Crippen LogP contribution is 2.33. The van der Waals surface area contributed by atoms with Gasteiger partial charge in [0.1, 0.15) is 11.5 Å². The number of carboxylic acids is 1. The van der Waals surface area contributed by atoms with E-state index in [2.05, 4.69) is 6.07 Å². The Bertz CT molecular complexity index is 830. The third-order valence-corrected chi connectivity index (χ3v) is 3.67. The van der Waals surface area contributed by atoms with Crippen molar-refractivity contribution in [1.82, 2.24) is 0 Å². The highest BCUT2D eigenvalue weighted by Gasteiger charge is 2.11. The molecule has 1 N–H and O–H groups in total. The second-order valence-corrected chi connectivity index (χ2v) is 5.07. The smallest absolute Gasteiger partial charge is 0.335 e. The predicted molar refractivity (Wildman–Crippen MR) is 91.2 cm³/mol. The van der Waals surface area contributed by atoms with Gasteiger partial charge >= 0.3 is 5.97 Å². The Morgan fingerprint density at radius 1 is 1.08 bits per heavy atom. The second kappa shape index (κ2) is 7.34. The van der Waals surface area contributed by atoms with Crippen molar-refractivity contribution in [3.63, 3.8) is 0 Å². The summed E-state index contributed by atoms with van der Waals surface area (Å²) in [6, 6.07) is 11.9. The Morgan fingerprint density at radius 2 is 1.71 bits per heavy atom. The molecule has 0 saturated carbocycles. The van der Waals surface area contributed by atoms with Gasteiger partial charge in [0.05, 0.1) is 31.4 Å². The van der Waals surface area contributed by atoms with E-state index < -0.39 is 5.97 Å². The molecule has 0 spiro atoms. The third kappa shape index (κ3) is 3.39. The molecule has 0 atom stereocenters. The first-order valence-electron chi connectivity index (χ1n) is 7.19. The van der Waals surface area contributed by atoms with E-state index >= 15 is 0 Å². The molecule has 0 aromatic heterocycles. The van der Waals surface area contributed by atoms with Gasteiger partial charge in [-0.1, -0.05) is 12.1 Å². The second-order valence-electron chi connectivity index (χ2n) is 5.07. The van der Waals surface area contributed by atoms with Crippen molar-refractivity contribution in [2.75, 3.05) is 14.2 Å². The summed E-state index contributed by atoms with van der Waals surface area (Å²) in [6.45, 7) is 1.88. The summed E-state index contributed by atoms with van der Waals surface area (Å²) in [6.07, 6.45) is 1.71. The lowest BCUT2D eigenvalue weighted by atomic mass is 10.0. The maximum Gasteiger partial charge on any atom is 0.335 e. The molecule has 5 heteroatoms. The number of rotatable bonds is 5. The molecule has 0 radical (unpaired) electrons. The van der Waals surface area contributed by atoms with Crippen molar-refractivity contribution < 1.29 is 19.4 Å². The van der Waals surface area contributed by atoms with E-state index in [1.165, 1.54) is 12.1 Å². The zero-order valence-corrected chi connectivity index (χ0v) is 13.7. The third-order valence-electron chi connectivity index (χ3n) is 3.67. The highest BCUT2D eigenvalue weighted by atomic mass is 16.5. The SMILES string of the molecule is COc1ccc(/C=C(/C#N)c2ccc(C(=O)O)cc2)c(OC)c1C. The zero-order chi connectivity index (χ0) is 17.7. The van der Waals surface area contributed by atoms with Crippen molar-refractivity contribution in [2.24, 2.45) is 0 Å². The minimum absolute atomic E-state index is 0.175. The lowest BCUT2D eigenvalue weighted by Gasteiger charge is -2.12. The first kappa shape index (κ1) is 17.1. The molecule has 2 aromatic carbocycles. The van der Waals surface area contributed by atoms with E-state index in [0.29, 0.717) is 22.6 Å². The zero-order valence-electron chi connectivity index (χ0n) is 13.7. The molecule has 0 unspecified atom stereocenters. The maximum atomic E-state index is 10.9. The first-order valence-corrected chi connectivity index (χ1v) is 7.19. The Hall–Kier alpha value is -3.26. The monoisotopic (exact) mass is 323 g/mol. The van der Waals surface area contributed by atoms with Gasteiger partial charge < -0.3 is 14.6 Å². The van der Waals surface area contributed by atoms with Crippen molar-refractivity contribution in [3.8, 4) is 17.6 Å². The van der Waals surface area contributed by atoms with Crippen LogP contribution in [0.4, 0.5) is 0 Å². The number of hydrogen-bond acceptors (Lipinski definition) is 4. The van der Waals surface area contributed by atoms with Crippen LogP contribution in [0.15, 0.2) is 36.4 Å². The normalized spacial score (nSPS) is 10.8. The minimum atomic E-state index is -1.00. The summed E-state index contributed by atoms with van der Waals surface area (Å²) < 4.78 is 10.7. The van der Waals surface area contributed by atoms with E-state index in [1.807, 2.05) is 19.1 Å². The molecule has 0 heterocycles. The van der Waals surface area contributed by atoms with Gasteiger partial charge in [0.25, 0.3) is 0 Å². The summed E-state index contributed by atoms with van der Waals surface area (Å²) in [5.74, 6) is 0.328. The van der Waals surface area contributed by atoms with Crippen molar-refractivity contribution >= 4 is 17.6 Å². The van der Waals surface area contributed by atoms with E-state index in [0.717, 1.165) is 11.1 Å². The van der Waals surface area contributed by atoms with Crippen LogP contribution in [0.2, 0.25) is 0 Å². The van der Waals surface area contributed by atoms with Gasteiger partial charge in [-0.05, 0) is 42.8 Å². The Labute approximate surface area is 140 Å². The Morgan fingerprint density at radius 3 is 2.21 bits per heavy atom. The van der Waals surface area contributed by atoms with Crippen LogP contribution in [-0.2, 0) is 0 Å². The Kier molecular flexibility index (Phi) is 5.23. The van der Waals surface area contributed by atoms with Gasteiger partial charge in [-0.15, -0.1) is 0 Å². The van der Waals surface area contributed by atoms with Crippen LogP contribution >= 0.6 is 0 Å². The van der Waals surface area contributed by atoms with Gasteiger partial charge in [-0.25, -0.2) is 4.79 Å². The van der Waals surface area contributed by atoms with Crippen LogP contribution in [0.5, 0.6) is 11.5 Å². The number of aromatic carboxylic acids is 1. The van der Waals surface area contributed by atoms with E-state index in [-0.39, 0.29) is 5.56 Å². The van der Waals surface area contributed by atoms with Crippen molar-refractivity contribution in [2.45, 2.75) is 6.92 Å². The molecule has 0 amide bonds. The maximum absolute atomic E-state index is 10.9. The molecule has 0 saturated heterocycles. The number of hydrogen-bond donors (Lipinski definition) is 1. The first-order chi connectivity index (χ1) is 11.5. The summed E-state index contributed by atoms with van der Waals surface area (Å²) in [5.41, 5.74) is 2.81. The number of carbonyl (C=O) groups is 1. The van der Waals surface area contributed by atoms with Crippen LogP contribution in [-0.4, -0.2) is 25.3 Å². The lowest BCUT2D eigenvalue weighted by molar-refractivity contribution is 0.0697. The Balaban J connectivity index is 2.50. The largest absolute Gasteiger partial charge is 0.496 e. The number of carboxylic acid groups (broad SMARTS) is 1. The minimum Gasteiger partial charge on any atom is -0.496 e. The van der Waals surface area contributed by atoms with E-state index in [9.17, 15) is 10.1 Å². The molecular formula is C19H17NO4. The van der Waals surface area contributed by atoms with Crippen LogP contribution in [0.25, 0.3) is 11.6 Å². The average molecular weight is 323 g/mol. The molecule has 122 valence electrons. The highest BCUT2D eigenvalue weighted by molar-refractivity contribution is 5.93. The van der Waals surface area contributed by atoms with Gasteiger partial charge in [-0.2, -0.15) is 5.26 Å². The fraction of sp³-hybridized carbons (Fsp3) is 0.158. The lowest BCUT2D eigenvalue weighted by Crippen LogP contribution is -1.96. The number of nitrogens with zero attached hydrogens (tertiary/aromatic N) is 1. The molecule has 0 fully saturated rings. The van der Waals surface area contributed by atoms with Crippen molar-refractivity contribution in [3.05, 3.63) is 58.7 Å². The van der Waals surface area contributed by atoms with Crippen LogP contribution < -0.4 is 9.47 Å². The van der Waals surface area contributed by atoms with Crippen LogP contribution in [0, 0.1) is 18.3 Å². The average Bonchev–Trinajstić information content (AvgIpc) is 2.60. The standard InChI is InChI=1S/C19H17NO4/c1-12-17(23-2)9-8-15(18(12)24-3)10-16(11-20)13-4-6-14(7-5-13)19(21)22/h4-10H,1-3H3,(H,21,22)/b16-10-. The number of allylic oxidation sites excluding steroid dienone is 1. The quantitative estimate of drug-likeness (QED) is 0.669. The fourth-order valence-electron chi connectivity index (χ4n) is 2.43. The van der Waals surface area contributed by atoms with Crippen molar-refractivity contribution in [1.29, 1.82) is 5.26 Å². The molecule has 0 bridgehead atoms. The summed E-state index contributed by atoms with van der Waals surface area (Å²) in [5, 5.41) is 18.4. The van der Waals surface area contributed by atoms with Gasteiger partial charge in [0.2, 0.25) is 0 Å². The summed E-state index contributed by atoms with van der Waals surface area (Å²) >= 11 is 0. The van der Waals surface area contributed by atoms with Gasteiger partial charge in [0.15, 0.2) is 0 Å².